The predicted molar refractivity (Wildman–Crippen MR) is 73.9 cm³/mol. The number of hydrogen-bond acceptors (Lipinski definition) is 2. The maximum Gasteiger partial charge on any atom is 0.254 e. The molecule has 1 saturated heterocycles. The number of carbonyl (C=O) groups is 1. The molecule has 1 aromatic rings. The van der Waals surface area contributed by atoms with Crippen molar-refractivity contribution in [3.05, 3.63) is 34.3 Å². The van der Waals surface area contributed by atoms with E-state index in [9.17, 15) is 4.79 Å². The number of halogens is 1. The van der Waals surface area contributed by atoms with Crippen LogP contribution in [0.3, 0.4) is 0 Å². The lowest BCUT2D eigenvalue weighted by Gasteiger charge is -2.32. The number of benzene rings is 1. The molecule has 0 radical (unpaired) electrons. The zero-order valence-electron chi connectivity index (χ0n) is 10.7. The van der Waals surface area contributed by atoms with Gasteiger partial charge in [0.2, 0.25) is 0 Å². The quantitative estimate of drug-likeness (QED) is 0.894. The van der Waals surface area contributed by atoms with E-state index in [1.54, 1.807) is 0 Å². The van der Waals surface area contributed by atoms with Crippen LogP contribution in [0, 0.1) is 12.8 Å². The Labute approximate surface area is 113 Å². The molecule has 1 heterocycles. The molecule has 1 aliphatic rings. The van der Waals surface area contributed by atoms with Crippen LogP contribution in [0.2, 0.25) is 5.02 Å². The average molecular weight is 267 g/mol. The second-order valence-corrected chi connectivity index (χ2v) is 5.31. The molecule has 1 atom stereocenters. The van der Waals surface area contributed by atoms with Gasteiger partial charge in [-0.25, -0.2) is 0 Å². The summed E-state index contributed by atoms with van der Waals surface area (Å²) in [5.41, 5.74) is 7.27. The molecule has 0 saturated carbocycles. The molecule has 98 valence electrons. The van der Waals surface area contributed by atoms with Crippen LogP contribution in [0.4, 0.5) is 0 Å². The molecule has 0 bridgehead atoms. The molecule has 2 N–H and O–H groups in total. The summed E-state index contributed by atoms with van der Waals surface area (Å²) < 4.78 is 0. The molecule has 1 amide bonds. The zero-order chi connectivity index (χ0) is 13.1. The number of amides is 1. The Balaban J connectivity index is 2.18. The Morgan fingerprint density at radius 1 is 1.56 bits per heavy atom. The Kier molecular flexibility index (Phi) is 4.25. The first-order valence-electron chi connectivity index (χ1n) is 6.38. The van der Waals surface area contributed by atoms with Crippen LogP contribution in [0.1, 0.15) is 28.8 Å². The van der Waals surface area contributed by atoms with Gasteiger partial charge in [-0.15, -0.1) is 0 Å². The van der Waals surface area contributed by atoms with Crippen molar-refractivity contribution < 1.29 is 4.79 Å². The van der Waals surface area contributed by atoms with Gasteiger partial charge < -0.3 is 10.6 Å². The molecular formula is C14H19ClN2O. The Hall–Kier alpha value is -1.06. The maximum absolute atomic E-state index is 12.5. The minimum atomic E-state index is 0.0770. The highest BCUT2D eigenvalue weighted by Crippen LogP contribution is 2.23. The first kappa shape index (κ1) is 13.4. The fourth-order valence-electron chi connectivity index (χ4n) is 2.45. The fraction of sp³-hybridized carbons (Fsp3) is 0.500. The van der Waals surface area contributed by atoms with E-state index in [2.05, 4.69) is 0 Å². The van der Waals surface area contributed by atoms with Crippen molar-refractivity contribution in [3.8, 4) is 0 Å². The van der Waals surface area contributed by atoms with Gasteiger partial charge in [-0.05, 0) is 49.9 Å². The third-order valence-electron chi connectivity index (χ3n) is 3.64. The van der Waals surface area contributed by atoms with E-state index >= 15 is 0 Å². The normalized spacial score (nSPS) is 19.9. The van der Waals surface area contributed by atoms with Crippen molar-refractivity contribution in [2.45, 2.75) is 19.8 Å². The van der Waals surface area contributed by atoms with Crippen LogP contribution >= 0.6 is 11.6 Å². The topological polar surface area (TPSA) is 46.3 Å². The number of likely N-dealkylation sites (tertiary alicyclic amines) is 1. The number of piperidine rings is 1. The van der Waals surface area contributed by atoms with Crippen molar-refractivity contribution in [1.82, 2.24) is 4.90 Å². The van der Waals surface area contributed by atoms with Gasteiger partial charge in [0, 0.05) is 23.7 Å². The van der Waals surface area contributed by atoms with Crippen LogP contribution in [0.15, 0.2) is 18.2 Å². The molecule has 1 fully saturated rings. The second kappa shape index (κ2) is 5.72. The van der Waals surface area contributed by atoms with Crippen molar-refractivity contribution in [2.24, 2.45) is 11.7 Å². The van der Waals surface area contributed by atoms with Gasteiger partial charge in [-0.3, -0.25) is 4.79 Å². The van der Waals surface area contributed by atoms with Gasteiger partial charge in [0.25, 0.3) is 5.91 Å². The summed E-state index contributed by atoms with van der Waals surface area (Å²) in [6.45, 7) is 4.13. The lowest BCUT2D eigenvalue weighted by Crippen LogP contribution is -2.42. The third kappa shape index (κ3) is 2.68. The summed E-state index contributed by atoms with van der Waals surface area (Å²) in [6, 6.07) is 5.48. The van der Waals surface area contributed by atoms with E-state index in [1.165, 1.54) is 0 Å². The van der Waals surface area contributed by atoms with Crippen LogP contribution in [0.5, 0.6) is 0 Å². The molecule has 0 aromatic heterocycles. The Morgan fingerprint density at radius 2 is 2.33 bits per heavy atom. The molecule has 3 nitrogen and oxygen atoms in total. The summed E-state index contributed by atoms with van der Waals surface area (Å²) in [5.74, 6) is 0.510. The monoisotopic (exact) mass is 266 g/mol. The van der Waals surface area contributed by atoms with Crippen molar-refractivity contribution >= 4 is 17.5 Å². The zero-order valence-corrected chi connectivity index (χ0v) is 11.4. The van der Waals surface area contributed by atoms with Gasteiger partial charge >= 0.3 is 0 Å². The third-order valence-corrected chi connectivity index (χ3v) is 4.05. The maximum atomic E-state index is 12.5. The Morgan fingerprint density at radius 3 is 3.06 bits per heavy atom. The van der Waals surface area contributed by atoms with Gasteiger partial charge in [0.1, 0.15) is 0 Å². The molecule has 0 aliphatic carbocycles. The number of carbonyl (C=O) groups excluding carboxylic acids is 1. The highest BCUT2D eigenvalue weighted by molar-refractivity contribution is 6.31. The van der Waals surface area contributed by atoms with Crippen molar-refractivity contribution in [3.63, 3.8) is 0 Å². The number of rotatable bonds is 2. The molecule has 1 unspecified atom stereocenters. The molecule has 1 aliphatic heterocycles. The van der Waals surface area contributed by atoms with Gasteiger partial charge in [-0.2, -0.15) is 0 Å². The lowest BCUT2D eigenvalue weighted by molar-refractivity contribution is 0.0677. The van der Waals surface area contributed by atoms with Crippen LogP contribution in [-0.4, -0.2) is 30.4 Å². The molecule has 1 aromatic carbocycles. The first-order valence-corrected chi connectivity index (χ1v) is 6.75. The summed E-state index contributed by atoms with van der Waals surface area (Å²) in [4.78, 5) is 14.4. The molecule has 0 spiro atoms. The van der Waals surface area contributed by atoms with Crippen LogP contribution in [-0.2, 0) is 0 Å². The second-order valence-electron chi connectivity index (χ2n) is 4.91. The fourth-order valence-corrected chi connectivity index (χ4v) is 2.63. The van der Waals surface area contributed by atoms with E-state index in [1.807, 2.05) is 30.0 Å². The highest BCUT2D eigenvalue weighted by atomic mass is 35.5. The standard InChI is InChI=1S/C14H19ClN2O/c1-10-12(5-2-6-13(10)15)14(18)17-7-3-4-11(8-16)9-17/h2,5-6,11H,3-4,7-9,16H2,1H3. The van der Waals surface area contributed by atoms with E-state index in [4.69, 9.17) is 17.3 Å². The highest BCUT2D eigenvalue weighted by Gasteiger charge is 2.24. The Bertz CT molecular complexity index is 447. The lowest BCUT2D eigenvalue weighted by atomic mass is 9.97. The van der Waals surface area contributed by atoms with E-state index in [0.29, 0.717) is 23.0 Å². The van der Waals surface area contributed by atoms with Crippen molar-refractivity contribution in [2.75, 3.05) is 19.6 Å². The molecule has 2 rings (SSSR count). The SMILES string of the molecule is Cc1c(Cl)cccc1C(=O)N1CCCC(CN)C1. The van der Waals surface area contributed by atoms with E-state index < -0.39 is 0 Å². The largest absolute Gasteiger partial charge is 0.338 e. The van der Waals surface area contributed by atoms with Gasteiger partial charge in [0.15, 0.2) is 0 Å². The van der Waals surface area contributed by atoms with E-state index in [-0.39, 0.29) is 5.91 Å². The molecule has 4 heteroatoms. The van der Waals surface area contributed by atoms with E-state index in [0.717, 1.165) is 31.5 Å². The summed E-state index contributed by atoms with van der Waals surface area (Å²) in [7, 11) is 0. The number of nitrogens with two attached hydrogens (primary N) is 1. The minimum absolute atomic E-state index is 0.0770. The molecular weight excluding hydrogens is 248 g/mol. The van der Waals surface area contributed by atoms with Gasteiger partial charge in [-0.1, -0.05) is 17.7 Å². The predicted octanol–water partition coefficient (Wildman–Crippen LogP) is 2.46. The van der Waals surface area contributed by atoms with Crippen LogP contribution < -0.4 is 5.73 Å². The first-order chi connectivity index (χ1) is 8.63. The minimum Gasteiger partial charge on any atom is -0.338 e. The summed E-state index contributed by atoms with van der Waals surface area (Å²) >= 11 is 6.06. The van der Waals surface area contributed by atoms with Gasteiger partial charge in [0.05, 0.1) is 0 Å². The van der Waals surface area contributed by atoms with Crippen molar-refractivity contribution in [1.29, 1.82) is 0 Å². The smallest absolute Gasteiger partial charge is 0.254 e. The summed E-state index contributed by atoms with van der Waals surface area (Å²) in [5, 5.41) is 0.647. The average Bonchev–Trinajstić information content (AvgIpc) is 2.41. The number of hydrogen-bond donors (Lipinski definition) is 1. The molecule has 18 heavy (non-hydrogen) atoms. The number of nitrogens with zero attached hydrogens (tertiary/aromatic N) is 1. The van der Waals surface area contributed by atoms with Crippen LogP contribution in [0.25, 0.3) is 0 Å². The summed E-state index contributed by atoms with van der Waals surface area (Å²) in [6.07, 6.45) is 2.15.